The van der Waals surface area contributed by atoms with E-state index in [1.54, 1.807) is 0 Å². The van der Waals surface area contributed by atoms with Crippen molar-refractivity contribution >= 4 is 21.6 Å². The first kappa shape index (κ1) is 8.38. The number of hydrogen-bond acceptors (Lipinski definition) is 3. The average molecular weight is 204 g/mol. The Morgan fingerprint density at radius 1 is 1.50 bits per heavy atom. The van der Waals surface area contributed by atoms with Gasteiger partial charge in [-0.1, -0.05) is 6.07 Å². The van der Waals surface area contributed by atoms with E-state index in [0.29, 0.717) is 5.92 Å². The smallest absolute Gasteiger partial charge is 0.123 e. The molecule has 0 bridgehead atoms. The van der Waals surface area contributed by atoms with Gasteiger partial charge in [-0.2, -0.15) is 0 Å². The number of hydrogen-bond donors (Lipinski definition) is 1. The van der Waals surface area contributed by atoms with Gasteiger partial charge in [0.25, 0.3) is 0 Å². The van der Waals surface area contributed by atoms with E-state index in [4.69, 9.17) is 0 Å². The van der Waals surface area contributed by atoms with E-state index in [0.717, 1.165) is 13.1 Å². The first-order valence-corrected chi connectivity index (χ1v) is 5.80. The number of pyridine rings is 1. The van der Waals surface area contributed by atoms with E-state index in [9.17, 15) is 0 Å². The van der Waals surface area contributed by atoms with E-state index in [1.807, 2.05) is 23.6 Å². The molecule has 0 aromatic carbocycles. The van der Waals surface area contributed by atoms with Crippen molar-refractivity contribution in [2.45, 2.75) is 12.3 Å². The van der Waals surface area contributed by atoms with Crippen molar-refractivity contribution in [3.8, 4) is 0 Å². The van der Waals surface area contributed by atoms with Gasteiger partial charge in [0.2, 0.25) is 0 Å². The number of rotatable bonds is 1. The van der Waals surface area contributed by atoms with Crippen molar-refractivity contribution in [2.75, 3.05) is 13.1 Å². The number of thiophene rings is 1. The third kappa shape index (κ3) is 1.33. The third-order valence-electron chi connectivity index (χ3n) is 2.78. The predicted molar refractivity (Wildman–Crippen MR) is 59.8 cm³/mol. The van der Waals surface area contributed by atoms with Crippen LogP contribution >= 0.6 is 11.3 Å². The lowest BCUT2D eigenvalue weighted by atomic mass is 10.1. The molecule has 1 atom stereocenters. The van der Waals surface area contributed by atoms with Crippen LogP contribution in [0.15, 0.2) is 24.4 Å². The molecule has 0 aliphatic carbocycles. The lowest BCUT2D eigenvalue weighted by molar-refractivity contribution is 0.779. The van der Waals surface area contributed by atoms with Crippen LogP contribution in [0.3, 0.4) is 0 Å². The van der Waals surface area contributed by atoms with Crippen LogP contribution < -0.4 is 5.32 Å². The van der Waals surface area contributed by atoms with E-state index < -0.39 is 0 Å². The van der Waals surface area contributed by atoms with Gasteiger partial charge in [0.05, 0.1) is 0 Å². The largest absolute Gasteiger partial charge is 0.316 e. The minimum absolute atomic E-state index is 0.717. The highest BCUT2D eigenvalue weighted by Crippen LogP contribution is 2.32. The van der Waals surface area contributed by atoms with E-state index in [-0.39, 0.29) is 0 Å². The van der Waals surface area contributed by atoms with Crippen LogP contribution in [0.1, 0.15) is 17.2 Å². The molecule has 1 fully saturated rings. The number of fused-ring (bicyclic) bond motifs is 1. The molecule has 0 spiro atoms. The zero-order valence-electron chi connectivity index (χ0n) is 7.86. The standard InChI is InChI=1S/C11H12N2S/c1-2-8-6-10(9-3-5-12-7-9)14-11(8)13-4-1/h1-2,4,6,9,12H,3,5,7H2. The molecule has 1 N–H and O–H groups in total. The molecule has 2 aromatic rings. The Bertz CT molecular complexity index is 410. The van der Waals surface area contributed by atoms with Crippen molar-refractivity contribution in [1.82, 2.24) is 10.3 Å². The van der Waals surface area contributed by atoms with E-state index >= 15 is 0 Å². The average Bonchev–Trinajstić information content (AvgIpc) is 2.86. The number of nitrogens with one attached hydrogen (secondary N) is 1. The van der Waals surface area contributed by atoms with Crippen LogP contribution in [0.5, 0.6) is 0 Å². The van der Waals surface area contributed by atoms with Crippen molar-refractivity contribution in [3.05, 3.63) is 29.3 Å². The topological polar surface area (TPSA) is 24.9 Å². The van der Waals surface area contributed by atoms with Crippen molar-refractivity contribution in [2.24, 2.45) is 0 Å². The fraction of sp³-hybridized carbons (Fsp3) is 0.364. The minimum Gasteiger partial charge on any atom is -0.316 e. The Kier molecular flexibility index (Phi) is 2.00. The van der Waals surface area contributed by atoms with Gasteiger partial charge in [-0.15, -0.1) is 11.3 Å². The molecule has 3 heterocycles. The summed E-state index contributed by atoms with van der Waals surface area (Å²) in [6.07, 6.45) is 3.14. The van der Waals surface area contributed by atoms with Crippen LogP contribution in [-0.4, -0.2) is 18.1 Å². The van der Waals surface area contributed by atoms with Crippen molar-refractivity contribution < 1.29 is 0 Å². The van der Waals surface area contributed by atoms with Crippen LogP contribution in [-0.2, 0) is 0 Å². The van der Waals surface area contributed by atoms with Gasteiger partial charge in [0, 0.05) is 28.9 Å². The maximum Gasteiger partial charge on any atom is 0.123 e. The lowest BCUT2D eigenvalue weighted by Crippen LogP contribution is -2.07. The second kappa shape index (κ2) is 3.33. The summed E-state index contributed by atoms with van der Waals surface area (Å²) in [6, 6.07) is 6.45. The Morgan fingerprint density at radius 2 is 2.50 bits per heavy atom. The molecule has 0 radical (unpaired) electrons. The maximum atomic E-state index is 4.37. The van der Waals surface area contributed by atoms with Gasteiger partial charge >= 0.3 is 0 Å². The summed E-state index contributed by atoms with van der Waals surface area (Å²) < 4.78 is 0. The van der Waals surface area contributed by atoms with Crippen LogP contribution in [0.4, 0.5) is 0 Å². The molecule has 3 heteroatoms. The zero-order chi connectivity index (χ0) is 9.38. The third-order valence-corrected chi connectivity index (χ3v) is 4.00. The van der Waals surface area contributed by atoms with Gasteiger partial charge in [-0.3, -0.25) is 0 Å². The molecule has 14 heavy (non-hydrogen) atoms. The molecule has 1 saturated heterocycles. The highest BCUT2D eigenvalue weighted by atomic mass is 32.1. The first-order valence-electron chi connectivity index (χ1n) is 4.99. The summed E-state index contributed by atoms with van der Waals surface area (Å²) in [5.41, 5.74) is 0. The lowest BCUT2D eigenvalue weighted by Gasteiger charge is -2.02. The maximum absolute atomic E-state index is 4.37. The Labute approximate surface area is 87.0 Å². The fourth-order valence-electron chi connectivity index (χ4n) is 1.99. The molecule has 1 aliphatic rings. The summed E-state index contributed by atoms with van der Waals surface area (Å²) in [5.74, 6) is 0.717. The van der Waals surface area contributed by atoms with Gasteiger partial charge in [0.1, 0.15) is 4.83 Å². The summed E-state index contributed by atoms with van der Waals surface area (Å²) in [7, 11) is 0. The second-order valence-corrected chi connectivity index (χ2v) is 4.80. The molecule has 1 unspecified atom stereocenters. The van der Waals surface area contributed by atoms with Gasteiger partial charge in [-0.25, -0.2) is 4.98 Å². The zero-order valence-corrected chi connectivity index (χ0v) is 8.68. The first-order chi connectivity index (χ1) is 6.93. The molecular formula is C11H12N2S. The van der Waals surface area contributed by atoms with Crippen molar-refractivity contribution in [1.29, 1.82) is 0 Å². The normalized spacial score (nSPS) is 21.9. The van der Waals surface area contributed by atoms with Gasteiger partial charge < -0.3 is 5.32 Å². The molecule has 0 saturated carbocycles. The minimum atomic E-state index is 0.717. The Balaban J connectivity index is 2.05. The number of aromatic nitrogens is 1. The van der Waals surface area contributed by atoms with Crippen LogP contribution in [0.2, 0.25) is 0 Å². The predicted octanol–water partition coefficient (Wildman–Crippen LogP) is 2.37. The highest BCUT2D eigenvalue weighted by molar-refractivity contribution is 7.18. The van der Waals surface area contributed by atoms with Crippen molar-refractivity contribution in [3.63, 3.8) is 0 Å². The molecule has 0 amide bonds. The monoisotopic (exact) mass is 204 g/mol. The molecule has 2 nitrogen and oxygen atoms in total. The van der Waals surface area contributed by atoms with E-state index in [1.165, 1.54) is 21.5 Å². The Morgan fingerprint density at radius 3 is 3.29 bits per heavy atom. The van der Waals surface area contributed by atoms with E-state index in [2.05, 4.69) is 22.4 Å². The quantitative estimate of drug-likeness (QED) is 0.771. The van der Waals surface area contributed by atoms with Crippen LogP contribution in [0, 0.1) is 0 Å². The summed E-state index contributed by atoms with van der Waals surface area (Å²) in [5, 5.41) is 4.69. The molecule has 2 aromatic heterocycles. The summed E-state index contributed by atoms with van der Waals surface area (Å²) >= 11 is 1.84. The van der Waals surface area contributed by atoms with Crippen LogP contribution in [0.25, 0.3) is 10.2 Å². The van der Waals surface area contributed by atoms with Gasteiger partial charge in [0.15, 0.2) is 0 Å². The van der Waals surface area contributed by atoms with Gasteiger partial charge in [-0.05, 0) is 25.1 Å². The number of nitrogens with zero attached hydrogens (tertiary/aromatic N) is 1. The summed E-state index contributed by atoms with van der Waals surface area (Å²) in [6.45, 7) is 2.29. The Hall–Kier alpha value is -0.930. The summed E-state index contributed by atoms with van der Waals surface area (Å²) in [4.78, 5) is 7.04. The highest BCUT2D eigenvalue weighted by Gasteiger charge is 2.18. The SMILES string of the molecule is c1cnc2sc(C3CCNC3)cc2c1. The molecular weight excluding hydrogens is 192 g/mol. The molecule has 3 rings (SSSR count). The fourth-order valence-corrected chi connectivity index (χ4v) is 3.13. The second-order valence-electron chi connectivity index (χ2n) is 3.74. The molecule has 72 valence electrons. The molecule has 1 aliphatic heterocycles.